The molecule has 116 heavy (non-hydrogen) atoms. The van der Waals surface area contributed by atoms with Gasteiger partial charge < -0.3 is 75.8 Å². The summed E-state index contributed by atoms with van der Waals surface area (Å²) in [6, 6.07) is 105. The van der Waals surface area contributed by atoms with Gasteiger partial charge in [-0.2, -0.15) is 0 Å². The summed E-state index contributed by atoms with van der Waals surface area (Å²) in [4.78, 5) is 30.8. The molecule has 1 saturated carbocycles. The number of carbonyl (C=O) groups is 2. The highest BCUT2D eigenvalue weighted by molar-refractivity contribution is 5.90. The molecular weight excluding hydrogens is 1470 g/mol. The average molecular weight is 1560 g/mol. The molecular formula is C98H98O18. The molecule has 11 aromatic rings. The summed E-state index contributed by atoms with van der Waals surface area (Å²) in [6.07, 6.45) is -18.7. The maximum absolute atomic E-state index is 15.4. The maximum atomic E-state index is 15.4. The SMILES string of the molecule is C=CCOC1[C@H](O[C@H]2O[C@H](COCc3ccccc3)[C@@H](OCc3ccccc3)[C@H](OCc3ccccc3)[C@@H]2OC(=O)c2ccccc2)[C@H](OCc2ccccc2)C(OCc2ccccc2)[C@H](OCc2ccccc2)[C@H]1O[C@H]1O[C@H](COCc2ccccc2)[C@@H](OCc2ccccc2)[C@H](OCc2ccccc2)[C@@H]1OC(=O)c1ccccc1. The highest BCUT2D eigenvalue weighted by Crippen LogP contribution is 2.42. The molecule has 2 saturated heterocycles. The van der Waals surface area contributed by atoms with E-state index in [1.54, 1.807) is 54.6 Å². The Labute approximate surface area is 678 Å². The Morgan fingerprint density at radius 2 is 0.457 bits per heavy atom. The molecule has 11 aromatic carbocycles. The van der Waals surface area contributed by atoms with Crippen molar-refractivity contribution < 1.29 is 85.4 Å². The Hall–Kier alpha value is -10.5. The molecule has 18 heteroatoms. The van der Waals surface area contributed by atoms with Crippen molar-refractivity contribution in [3.63, 3.8) is 0 Å². The van der Waals surface area contributed by atoms with E-state index in [1.165, 1.54) is 0 Å². The van der Waals surface area contributed by atoms with Gasteiger partial charge >= 0.3 is 11.9 Å². The molecule has 0 amide bonds. The summed E-state index contributed by atoms with van der Waals surface area (Å²) >= 11 is 0. The summed E-state index contributed by atoms with van der Waals surface area (Å²) in [5.74, 6) is -1.41. The van der Waals surface area contributed by atoms with Crippen LogP contribution in [0.2, 0.25) is 0 Å². The second-order valence-corrected chi connectivity index (χ2v) is 28.7. The van der Waals surface area contributed by atoms with Crippen molar-refractivity contribution in [1.82, 2.24) is 0 Å². The normalized spacial score (nSPS) is 23.9. The number of hydrogen-bond acceptors (Lipinski definition) is 18. The first-order chi connectivity index (χ1) is 57.3. The van der Waals surface area contributed by atoms with Crippen LogP contribution in [-0.4, -0.2) is 130 Å². The molecule has 0 N–H and O–H groups in total. The van der Waals surface area contributed by atoms with Crippen LogP contribution in [0.3, 0.4) is 0 Å². The monoisotopic (exact) mass is 1560 g/mol. The third-order valence-corrected chi connectivity index (χ3v) is 20.4. The van der Waals surface area contributed by atoms with Gasteiger partial charge in [0.15, 0.2) is 24.8 Å². The standard InChI is InChI=1S/C98H98O18/c1-2-58-103-90-91(115-97-93(113-95(99)79-54-32-12-33-55-79)85(106-63-74-44-22-7-23-45-74)83(104-61-72-40-18-5-19-41-72)81(111-97)68-101-59-70-36-14-3-15-37-70)88(109-66-77-50-28-10-29-51-77)87(108-65-76-48-26-9-27-49-76)89(110-67-78-52-30-11-31-53-78)92(90)116-98-94(114-96(100)80-56-34-13-35-57-80)86(107-64-75-46-24-8-25-47-75)84(105-62-73-42-20-6-21-43-73)82(112-98)69-102-60-71-38-16-4-17-39-71/h2-57,81-94,97-98H,1,58-69H2/t81-,82-,83-,84-,85+,86+,87?,88-,89+,90?,91-,92-,93+,94+,97-,98-/m1/s1. The van der Waals surface area contributed by atoms with Crippen molar-refractivity contribution in [2.75, 3.05) is 19.8 Å². The van der Waals surface area contributed by atoms with E-state index in [0.717, 1.165) is 50.1 Å². The van der Waals surface area contributed by atoms with Crippen molar-refractivity contribution in [2.24, 2.45) is 0 Å². The minimum absolute atomic E-state index is 0.00644. The van der Waals surface area contributed by atoms with E-state index in [2.05, 4.69) is 6.58 Å². The third kappa shape index (κ3) is 23.2. The molecule has 1 aliphatic carbocycles. The van der Waals surface area contributed by atoms with E-state index in [0.29, 0.717) is 0 Å². The zero-order valence-corrected chi connectivity index (χ0v) is 64.6. The lowest BCUT2D eigenvalue weighted by Crippen LogP contribution is -2.71. The zero-order valence-electron chi connectivity index (χ0n) is 64.6. The van der Waals surface area contributed by atoms with Gasteiger partial charge in [-0.05, 0) is 74.3 Å². The van der Waals surface area contributed by atoms with E-state index in [4.69, 9.17) is 75.8 Å². The van der Waals surface area contributed by atoms with E-state index in [-0.39, 0.29) is 90.4 Å². The van der Waals surface area contributed by atoms with Gasteiger partial charge in [0.2, 0.25) is 0 Å². The fraction of sp³-hybridized carbons (Fsp3) is 0.286. The predicted octanol–water partition coefficient (Wildman–Crippen LogP) is 16.8. The second kappa shape index (κ2) is 43.5. The van der Waals surface area contributed by atoms with Crippen molar-refractivity contribution >= 4 is 11.9 Å². The minimum Gasteiger partial charge on any atom is -0.450 e. The molecule has 3 fully saturated rings. The van der Waals surface area contributed by atoms with Crippen molar-refractivity contribution in [3.8, 4) is 0 Å². The molecule has 2 unspecified atom stereocenters. The molecule has 0 spiro atoms. The highest BCUT2D eigenvalue weighted by Gasteiger charge is 2.61. The number of ether oxygens (including phenoxy) is 16. The molecule has 3 aliphatic rings. The lowest BCUT2D eigenvalue weighted by Gasteiger charge is -2.53. The highest BCUT2D eigenvalue weighted by atomic mass is 16.8. The molecule has 0 bridgehead atoms. The second-order valence-electron chi connectivity index (χ2n) is 28.7. The molecule has 0 radical (unpaired) electrons. The van der Waals surface area contributed by atoms with Gasteiger partial charge in [0.25, 0.3) is 0 Å². The summed E-state index contributed by atoms with van der Waals surface area (Å²) in [5, 5.41) is 0. The third-order valence-electron chi connectivity index (χ3n) is 20.4. The van der Waals surface area contributed by atoms with Crippen LogP contribution in [0, 0.1) is 0 Å². The van der Waals surface area contributed by atoms with Crippen LogP contribution in [0.25, 0.3) is 0 Å². The van der Waals surface area contributed by atoms with Crippen LogP contribution in [0.15, 0.2) is 346 Å². The van der Waals surface area contributed by atoms with Gasteiger partial charge in [-0.1, -0.05) is 315 Å². The van der Waals surface area contributed by atoms with Gasteiger partial charge in [0.05, 0.1) is 90.4 Å². The van der Waals surface area contributed by atoms with E-state index >= 15 is 9.59 Å². The van der Waals surface area contributed by atoms with Gasteiger partial charge in [0.1, 0.15) is 73.2 Å². The molecule has 598 valence electrons. The number of rotatable bonds is 40. The van der Waals surface area contributed by atoms with Crippen molar-refractivity contribution in [1.29, 1.82) is 0 Å². The maximum Gasteiger partial charge on any atom is 0.338 e. The lowest BCUT2D eigenvalue weighted by atomic mass is 9.83. The van der Waals surface area contributed by atoms with Crippen LogP contribution < -0.4 is 0 Å². The zero-order chi connectivity index (χ0) is 79.1. The van der Waals surface area contributed by atoms with Crippen LogP contribution in [0.5, 0.6) is 0 Å². The largest absolute Gasteiger partial charge is 0.450 e. The molecule has 0 aromatic heterocycles. The number of benzene rings is 11. The predicted molar refractivity (Wildman–Crippen MR) is 436 cm³/mol. The van der Waals surface area contributed by atoms with Crippen LogP contribution in [-0.2, 0) is 135 Å². The number of carbonyl (C=O) groups excluding carboxylic acids is 2. The fourth-order valence-corrected chi connectivity index (χ4v) is 14.6. The van der Waals surface area contributed by atoms with Crippen LogP contribution in [0.1, 0.15) is 70.8 Å². The topological polar surface area (TPSA) is 182 Å². The average Bonchev–Trinajstić information content (AvgIpc) is 0.732. The molecule has 14 rings (SSSR count). The Morgan fingerprint density at radius 3 is 0.707 bits per heavy atom. The Bertz CT molecular complexity index is 4360. The van der Waals surface area contributed by atoms with Gasteiger partial charge in [-0.3, -0.25) is 0 Å². The Balaban J connectivity index is 0.952. The molecule has 2 aliphatic heterocycles. The van der Waals surface area contributed by atoms with E-state index < -0.39 is 110 Å². The lowest BCUT2D eigenvalue weighted by molar-refractivity contribution is -0.377. The summed E-state index contributed by atoms with van der Waals surface area (Å²) in [6.45, 7) is 4.66. The molecule has 16 atom stereocenters. The van der Waals surface area contributed by atoms with Gasteiger partial charge in [0, 0.05) is 0 Å². The number of hydrogen-bond donors (Lipinski definition) is 0. The first-order valence-electron chi connectivity index (χ1n) is 39.5. The fourth-order valence-electron chi connectivity index (χ4n) is 14.6. The van der Waals surface area contributed by atoms with Crippen molar-refractivity contribution in [3.05, 3.63) is 408 Å². The van der Waals surface area contributed by atoms with Crippen LogP contribution >= 0.6 is 0 Å². The van der Waals surface area contributed by atoms with E-state index in [1.807, 2.05) is 285 Å². The minimum atomic E-state index is -1.60. The summed E-state index contributed by atoms with van der Waals surface area (Å²) in [7, 11) is 0. The quantitative estimate of drug-likeness (QED) is 0.0261. The first kappa shape index (κ1) is 82.1. The smallest absolute Gasteiger partial charge is 0.338 e. The van der Waals surface area contributed by atoms with E-state index in [9.17, 15) is 0 Å². The Morgan fingerprint density at radius 1 is 0.250 bits per heavy atom. The Kier molecular flexibility index (Phi) is 30.8. The first-order valence-corrected chi connectivity index (χ1v) is 39.5. The number of esters is 2. The molecule has 18 nitrogen and oxygen atoms in total. The van der Waals surface area contributed by atoms with Gasteiger partial charge in [-0.25, -0.2) is 9.59 Å². The summed E-state index contributed by atoms with van der Waals surface area (Å²) < 4.78 is 117. The van der Waals surface area contributed by atoms with Crippen molar-refractivity contribution in [2.45, 2.75) is 157 Å². The molecule has 2 heterocycles. The van der Waals surface area contributed by atoms with Crippen LogP contribution in [0.4, 0.5) is 0 Å². The van der Waals surface area contributed by atoms with Gasteiger partial charge in [-0.15, -0.1) is 6.58 Å². The summed E-state index contributed by atoms with van der Waals surface area (Å²) in [5.41, 5.74) is 8.15.